The fraction of sp³-hybridized carbons (Fsp3) is 0.300. The second-order valence-corrected chi connectivity index (χ2v) is 3.16. The molecule has 3 N–H and O–H groups in total. The maximum Gasteiger partial charge on any atom is 0.292 e. The minimum absolute atomic E-state index is 0.152. The number of benzene rings is 1. The largest absolute Gasteiger partial charge is 0.370 e. The summed E-state index contributed by atoms with van der Waals surface area (Å²) in [4.78, 5) is 21.5. The number of para-hydroxylation sites is 2. The number of hydrogen-bond acceptors (Lipinski definition) is 5. The Hall–Kier alpha value is -1.99. The minimum Gasteiger partial charge on any atom is -0.370 e. The molecule has 0 aliphatic carbocycles. The van der Waals surface area contributed by atoms with Crippen molar-refractivity contribution in [1.29, 1.82) is 0 Å². The van der Waals surface area contributed by atoms with E-state index in [1.807, 2.05) is 0 Å². The summed E-state index contributed by atoms with van der Waals surface area (Å²) in [6.45, 7) is 0.409. The summed E-state index contributed by atoms with van der Waals surface area (Å²) in [6, 6.07) is 5.90. The Balaban J connectivity index is 2.61. The van der Waals surface area contributed by atoms with Gasteiger partial charge in [0.2, 0.25) is 0 Å². The monoisotopic (exact) mass is 239 g/mol. The Morgan fingerprint density at radius 2 is 2.18 bits per heavy atom. The van der Waals surface area contributed by atoms with E-state index >= 15 is 0 Å². The lowest BCUT2D eigenvalue weighted by Gasteiger charge is -2.05. The predicted molar refractivity (Wildman–Crippen MR) is 61.6 cm³/mol. The van der Waals surface area contributed by atoms with E-state index in [0.29, 0.717) is 6.54 Å². The van der Waals surface area contributed by atoms with Gasteiger partial charge >= 0.3 is 0 Å². The molecule has 1 aromatic rings. The summed E-state index contributed by atoms with van der Waals surface area (Å²) in [7, 11) is 0. The van der Waals surface area contributed by atoms with Gasteiger partial charge in [0.1, 0.15) is 12.3 Å². The number of nitro benzene ring substituents is 1. The van der Waals surface area contributed by atoms with Crippen LogP contribution in [0.2, 0.25) is 0 Å². The quantitative estimate of drug-likeness (QED) is 0.427. The average molecular weight is 239 g/mol. The second kappa shape index (κ2) is 6.56. The number of rotatable bonds is 6. The first-order valence-corrected chi connectivity index (χ1v) is 4.96. The third-order valence-electron chi connectivity index (χ3n) is 1.87. The van der Waals surface area contributed by atoms with E-state index in [1.54, 1.807) is 6.07 Å². The van der Waals surface area contributed by atoms with Crippen LogP contribution in [0.5, 0.6) is 0 Å². The number of anilines is 1. The molecule has 0 saturated heterocycles. The molecule has 0 bridgehead atoms. The summed E-state index contributed by atoms with van der Waals surface area (Å²) < 4.78 is 4.91. The minimum atomic E-state index is -0.559. The second-order valence-electron chi connectivity index (χ2n) is 3.16. The topological polar surface area (TPSA) is 107 Å². The maximum atomic E-state index is 11.4. The van der Waals surface area contributed by atoms with Crippen LogP contribution in [0.1, 0.15) is 0 Å². The van der Waals surface area contributed by atoms with E-state index in [9.17, 15) is 14.9 Å². The normalized spacial score (nSPS) is 9.94. The number of amides is 1. The highest BCUT2D eigenvalue weighted by Crippen LogP contribution is 2.22. The number of carbonyl (C=O) groups is 1. The van der Waals surface area contributed by atoms with Crippen molar-refractivity contribution in [2.24, 2.45) is 5.73 Å². The van der Waals surface area contributed by atoms with Crippen LogP contribution in [0.15, 0.2) is 24.3 Å². The van der Waals surface area contributed by atoms with Crippen LogP contribution in [0, 0.1) is 10.1 Å². The Morgan fingerprint density at radius 1 is 1.47 bits per heavy atom. The number of nitrogens with zero attached hydrogens (tertiary/aromatic N) is 1. The Morgan fingerprint density at radius 3 is 2.82 bits per heavy atom. The van der Waals surface area contributed by atoms with Gasteiger partial charge in [0.25, 0.3) is 11.6 Å². The smallest absolute Gasteiger partial charge is 0.292 e. The van der Waals surface area contributed by atoms with Crippen LogP contribution in [-0.4, -0.2) is 30.6 Å². The molecular formula is C10H13N3O4. The first kappa shape index (κ1) is 13.1. The van der Waals surface area contributed by atoms with Gasteiger partial charge in [-0.05, 0) is 6.07 Å². The molecule has 7 heteroatoms. The Labute approximate surface area is 97.7 Å². The molecule has 0 saturated carbocycles. The number of nitrogens with two attached hydrogens (primary N) is 1. The summed E-state index contributed by atoms with van der Waals surface area (Å²) >= 11 is 0. The van der Waals surface area contributed by atoms with Crippen LogP contribution in [0.4, 0.5) is 11.4 Å². The van der Waals surface area contributed by atoms with Crippen molar-refractivity contribution in [1.82, 2.24) is 0 Å². The van der Waals surface area contributed by atoms with E-state index in [2.05, 4.69) is 5.32 Å². The number of carbonyl (C=O) groups excluding carboxylic acids is 1. The van der Waals surface area contributed by atoms with Crippen LogP contribution < -0.4 is 11.1 Å². The van der Waals surface area contributed by atoms with Gasteiger partial charge < -0.3 is 15.8 Å². The number of ether oxygens (including phenoxy) is 1. The lowest BCUT2D eigenvalue weighted by molar-refractivity contribution is -0.383. The van der Waals surface area contributed by atoms with E-state index in [0.717, 1.165) is 0 Å². The third-order valence-corrected chi connectivity index (χ3v) is 1.87. The summed E-state index contributed by atoms with van der Waals surface area (Å²) in [5.41, 5.74) is 5.18. The highest BCUT2D eigenvalue weighted by molar-refractivity contribution is 5.93. The average Bonchev–Trinajstić information content (AvgIpc) is 2.29. The number of hydrogen-bond donors (Lipinski definition) is 2. The number of nitrogens with one attached hydrogen (secondary N) is 1. The van der Waals surface area contributed by atoms with Crippen LogP contribution in [0.3, 0.4) is 0 Å². The zero-order chi connectivity index (χ0) is 12.7. The van der Waals surface area contributed by atoms with Crippen molar-refractivity contribution in [3.8, 4) is 0 Å². The van der Waals surface area contributed by atoms with Gasteiger partial charge in [-0.1, -0.05) is 12.1 Å². The van der Waals surface area contributed by atoms with E-state index in [4.69, 9.17) is 10.5 Å². The molecule has 0 radical (unpaired) electrons. The Kier molecular flexibility index (Phi) is 5.05. The molecule has 92 valence electrons. The van der Waals surface area contributed by atoms with E-state index < -0.39 is 10.8 Å². The third kappa shape index (κ3) is 4.17. The molecule has 0 aliphatic heterocycles. The molecule has 0 aromatic heterocycles. The molecule has 1 aromatic carbocycles. The van der Waals surface area contributed by atoms with Crippen LogP contribution >= 0.6 is 0 Å². The first-order chi connectivity index (χ1) is 8.15. The van der Waals surface area contributed by atoms with Crippen molar-refractivity contribution in [3.63, 3.8) is 0 Å². The van der Waals surface area contributed by atoms with Gasteiger partial charge in [0.05, 0.1) is 11.5 Å². The SMILES string of the molecule is NCCOCC(=O)Nc1ccccc1[N+](=O)[O-]. The van der Waals surface area contributed by atoms with Crippen molar-refractivity contribution in [2.45, 2.75) is 0 Å². The lowest BCUT2D eigenvalue weighted by atomic mass is 10.2. The van der Waals surface area contributed by atoms with Gasteiger partial charge in [0, 0.05) is 12.6 Å². The van der Waals surface area contributed by atoms with Gasteiger partial charge in [0.15, 0.2) is 0 Å². The molecule has 1 amide bonds. The van der Waals surface area contributed by atoms with Crippen LogP contribution in [-0.2, 0) is 9.53 Å². The van der Waals surface area contributed by atoms with Gasteiger partial charge in [-0.15, -0.1) is 0 Å². The van der Waals surface area contributed by atoms with E-state index in [-0.39, 0.29) is 24.6 Å². The highest BCUT2D eigenvalue weighted by atomic mass is 16.6. The molecular weight excluding hydrogens is 226 g/mol. The molecule has 17 heavy (non-hydrogen) atoms. The molecule has 0 aliphatic rings. The fourth-order valence-corrected chi connectivity index (χ4v) is 1.17. The van der Waals surface area contributed by atoms with Gasteiger partial charge in [-0.25, -0.2) is 0 Å². The zero-order valence-corrected chi connectivity index (χ0v) is 9.09. The lowest BCUT2D eigenvalue weighted by Crippen LogP contribution is -2.21. The molecule has 0 atom stereocenters. The van der Waals surface area contributed by atoms with Crippen LogP contribution in [0.25, 0.3) is 0 Å². The molecule has 1 rings (SSSR count). The van der Waals surface area contributed by atoms with E-state index in [1.165, 1.54) is 18.2 Å². The zero-order valence-electron chi connectivity index (χ0n) is 9.09. The molecule has 7 nitrogen and oxygen atoms in total. The van der Waals surface area contributed by atoms with Crippen molar-refractivity contribution in [2.75, 3.05) is 25.1 Å². The molecule has 0 unspecified atom stereocenters. The van der Waals surface area contributed by atoms with Gasteiger partial charge in [-0.3, -0.25) is 14.9 Å². The summed E-state index contributed by atoms with van der Waals surface area (Å²) in [5, 5.41) is 13.1. The van der Waals surface area contributed by atoms with Crippen molar-refractivity contribution >= 4 is 17.3 Å². The first-order valence-electron chi connectivity index (χ1n) is 4.96. The molecule has 0 heterocycles. The van der Waals surface area contributed by atoms with Gasteiger partial charge in [-0.2, -0.15) is 0 Å². The van der Waals surface area contributed by atoms with Crippen molar-refractivity contribution in [3.05, 3.63) is 34.4 Å². The summed E-state index contributed by atoms with van der Waals surface area (Å²) in [5.74, 6) is -0.451. The molecule has 0 spiro atoms. The standard InChI is InChI=1S/C10H13N3O4/c11-5-6-17-7-10(14)12-8-3-1-2-4-9(8)13(15)16/h1-4H,5-7,11H2,(H,12,14). The molecule has 0 fully saturated rings. The maximum absolute atomic E-state index is 11.4. The predicted octanol–water partition coefficient (Wildman–Crippen LogP) is 0.509. The summed E-state index contributed by atoms with van der Waals surface area (Å²) in [6.07, 6.45) is 0. The fourth-order valence-electron chi connectivity index (χ4n) is 1.17. The highest BCUT2D eigenvalue weighted by Gasteiger charge is 2.14. The van der Waals surface area contributed by atoms with Crippen molar-refractivity contribution < 1.29 is 14.5 Å². The Bertz CT molecular complexity index is 408. The number of nitro groups is 1.